The van der Waals surface area contributed by atoms with E-state index in [1.165, 1.54) is 6.26 Å². The highest BCUT2D eigenvalue weighted by Crippen LogP contribution is 2.41. The molecule has 0 heterocycles. The average Bonchev–Trinajstić information content (AvgIpc) is 2.38. The van der Waals surface area contributed by atoms with Crippen molar-refractivity contribution in [1.29, 1.82) is 0 Å². The van der Waals surface area contributed by atoms with Crippen LogP contribution in [0.2, 0.25) is 0 Å². The third-order valence-electron chi connectivity index (χ3n) is 5.52. The number of ketones is 1. The normalized spacial score (nSPS) is 36.3. The van der Waals surface area contributed by atoms with E-state index in [1.807, 2.05) is 0 Å². The minimum Gasteiger partial charge on any atom is -0.299 e. The highest BCUT2D eigenvalue weighted by molar-refractivity contribution is 7.91. The van der Waals surface area contributed by atoms with Crippen LogP contribution in [0.25, 0.3) is 0 Å². The third kappa shape index (κ3) is 3.63. The molecule has 0 aliphatic heterocycles. The van der Waals surface area contributed by atoms with Gasteiger partial charge in [-0.05, 0) is 49.9 Å². The maximum atomic E-state index is 12.3. The summed E-state index contributed by atoms with van der Waals surface area (Å²) in [6.45, 7) is 4.47. The molecule has 2 rings (SSSR count). The Morgan fingerprint density at radius 1 is 1.10 bits per heavy atom. The third-order valence-corrected chi connectivity index (χ3v) is 7.15. The van der Waals surface area contributed by atoms with Gasteiger partial charge < -0.3 is 0 Å². The smallest absolute Gasteiger partial charge is 0.150 e. The predicted molar refractivity (Wildman–Crippen MR) is 81.3 cm³/mol. The van der Waals surface area contributed by atoms with Crippen LogP contribution in [0.5, 0.6) is 0 Å². The number of carbonyl (C=O) groups excluding carboxylic acids is 1. The molecule has 3 nitrogen and oxygen atoms in total. The Balaban J connectivity index is 2.07. The Hall–Kier alpha value is -0.380. The number of rotatable bonds is 3. The zero-order valence-electron chi connectivity index (χ0n) is 13.0. The van der Waals surface area contributed by atoms with Crippen molar-refractivity contribution >= 4 is 15.6 Å². The molecule has 0 radical (unpaired) electrons. The van der Waals surface area contributed by atoms with Gasteiger partial charge in [-0.15, -0.1) is 0 Å². The molecule has 0 saturated heterocycles. The van der Waals surface area contributed by atoms with Crippen LogP contribution in [0.15, 0.2) is 0 Å². The summed E-state index contributed by atoms with van der Waals surface area (Å²) in [5.74, 6) is 2.08. The van der Waals surface area contributed by atoms with E-state index in [0.29, 0.717) is 36.4 Å². The molecule has 116 valence electrons. The Bertz CT molecular complexity index is 452. The first-order chi connectivity index (χ1) is 9.29. The van der Waals surface area contributed by atoms with E-state index in [-0.39, 0.29) is 11.2 Å². The van der Waals surface area contributed by atoms with Crippen molar-refractivity contribution in [2.24, 2.45) is 23.7 Å². The summed E-state index contributed by atoms with van der Waals surface area (Å²) >= 11 is 0. The second-order valence-corrected chi connectivity index (χ2v) is 9.56. The summed E-state index contributed by atoms with van der Waals surface area (Å²) < 4.78 is 23.6. The van der Waals surface area contributed by atoms with Crippen LogP contribution >= 0.6 is 0 Å². The van der Waals surface area contributed by atoms with Gasteiger partial charge in [0.15, 0.2) is 0 Å². The van der Waals surface area contributed by atoms with Crippen molar-refractivity contribution < 1.29 is 13.2 Å². The van der Waals surface area contributed by atoms with Gasteiger partial charge in [0.05, 0.1) is 5.25 Å². The molecule has 4 heteroatoms. The van der Waals surface area contributed by atoms with Crippen molar-refractivity contribution in [2.75, 3.05) is 6.26 Å². The first kappa shape index (κ1) is 16.0. The monoisotopic (exact) mass is 300 g/mol. The van der Waals surface area contributed by atoms with Crippen molar-refractivity contribution in [3.05, 3.63) is 0 Å². The summed E-state index contributed by atoms with van der Waals surface area (Å²) in [7, 11) is -2.96. The van der Waals surface area contributed by atoms with E-state index in [9.17, 15) is 13.2 Å². The molecular formula is C16H28O3S. The Morgan fingerprint density at radius 3 is 2.40 bits per heavy atom. The molecule has 0 aromatic carbocycles. The fourth-order valence-corrected chi connectivity index (χ4v) is 5.28. The van der Waals surface area contributed by atoms with Gasteiger partial charge in [-0.25, -0.2) is 8.42 Å². The molecule has 2 aliphatic rings. The molecule has 0 aromatic rings. The van der Waals surface area contributed by atoms with Crippen LogP contribution < -0.4 is 0 Å². The molecule has 20 heavy (non-hydrogen) atoms. The summed E-state index contributed by atoms with van der Waals surface area (Å²) in [5.41, 5.74) is 0. The average molecular weight is 300 g/mol. The van der Waals surface area contributed by atoms with E-state index in [1.54, 1.807) is 0 Å². The molecule has 0 N–H and O–H groups in total. The van der Waals surface area contributed by atoms with E-state index in [4.69, 9.17) is 0 Å². The summed E-state index contributed by atoms with van der Waals surface area (Å²) in [6.07, 6.45) is 7.54. The predicted octanol–water partition coefficient (Wildman–Crippen LogP) is 3.23. The Labute approximate surface area is 123 Å². The number of sulfone groups is 1. The van der Waals surface area contributed by atoms with Crippen LogP contribution in [-0.4, -0.2) is 25.7 Å². The maximum absolute atomic E-state index is 12.3. The lowest BCUT2D eigenvalue weighted by molar-refractivity contribution is -0.128. The van der Waals surface area contributed by atoms with Crippen molar-refractivity contribution in [3.63, 3.8) is 0 Å². The summed E-state index contributed by atoms with van der Waals surface area (Å²) in [6, 6.07) is 0. The highest BCUT2D eigenvalue weighted by Gasteiger charge is 2.39. The van der Waals surface area contributed by atoms with Gasteiger partial charge in [-0.1, -0.05) is 20.3 Å². The molecule has 2 aliphatic carbocycles. The van der Waals surface area contributed by atoms with Crippen LogP contribution in [0.3, 0.4) is 0 Å². The van der Waals surface area contributed by atoms with Crippen molar-refractivity contribution in [1.82, 2.24) is 0 Å². The van der Waals surface area contributed by atoms with E-state index in [2.05, 4.69) is 13.8 Å². The quantitative estimate of drug-likeness (QED) is 0.804. The first-order valence-corrected chi connectivity index (χ1v) is 9.96. The molecule has 4 atom stereocenters. The minimum absolute atomic E-state index is 0.126. The standard InChI is InChI=1S/C16H28O3S/c1-11(2)12-7-8-16(17)15(10-12)13-5-4-6-14(9-13)20(3,18)19/h11-15H,4-10H2,1-3H3. The highest BCUT2D eigenvalue weighted by atomic mass is 32.2. The molecule has 0 amide bonds. The van der Waals surface area contributed by atoms with Crippen LogP contribution in [-0.2, 0) is 14.6 Å². The van der Waals surface area contributed by atoms with Gasteiger partial charge in [0.25, 0.3) is 0 Å². The van der Waals surface area contributed by atoms with E-state index < -0.39 is 9.84 Å². The van der Waals surface area contributed by atoms with Gasteiger partial charge in [-0.3, -0.25) is 4.79 Å². The second kappa shape index (κ2) is 6.17. The molecule has 0 aromatic heterocycles. The zero-order valence-corrected chi connectivity index (χ0v) is 13.8. The lowest BCUT2D eigenvalue weighted by Gasteiger charge is -2.38. The fraction of sp³-hybridized carbons (Fsp3) is 0.938. The largest absolute Gasteiger partial charge is 0.299 e. The number of hydrogen-bond donors (Lipinski definition) is 0. The van der Waals surface area contributed by atoms with Crippen LogP contribution in [0, 0.1) is 23.7 Å². The zero-order chi connectivity index (χ0) is 14.9. The van der Waals surface area contributed by atoms with Gasteiger partial charge in [0, 0.05) is 18.6 Å². The van der Waals surface area contributed by atoms with Crippen molar-refractivity contribution in [3.8, 4) is 0 Å². The SMILES string of the molecule is CC(C)C1CCC(=O)C(C2CCCC(S(C)(=O)=O)C2)C1. The van der Waals surface area contributed by atoms with Gasteiger partial charge >= 0.3 is 0 Å². The first-order valence-electron chi connectivity index (χ1n) is 8.00. The Kier molecular flexibility index (Phi) is 4.93. The minimum atomic E-state index is -2.96. The molecule has 2 fully saturated rings. The summed E-state index contributed by atoms with van der Waals surface area (Å²) in [5, 5.41) is -0.214. The lowest BCUT2D eigenvalue weighted by Crippen LogP contribution is -2.37. The number of hydrogen-bond acceptors (Lipinski definition) is 3. The topological polar surface area (TPSA) is 51.2 Å². The van der Waals surface area contributed by atoms with E-state index in [0.717, 1.165) is 32.1 Å². The summed E-state index contributed by atoms with van der Waals surface area (Å²) in [4.78, 5) is 12.3. The fourth-order valence-electron chi connectivity index (χ4n) is 4.08. The van der Waals surface area contributed by atoms with Gasteiger partial charge in [0.2, 0.25) is 0 Å². The molecular weight excluding hydrogens is 272 g/mol. The van der Waals surface area contributed by atoms with E-state index >= 15 is 0 Å². The van der Waals surface area contributed by atoms with Crippen molar-refractivity contribution in [2.45, 2.75) is 64.0 Å². The molecule has 4 unspecified atom stereocenters. The maximum Gasteiger partial charge on any atom is 0.150 e. The van der Waals surface area contributed by atoms with Crippen LogP contribution in [0.4, 0.5) is 0 Å². The molecule has 0 spiro atoms. The Morgan fingerprint density at radius 2 is 1.80 bits per heavy atom. The second-order valence-electron chi connectivity index (χ2n) is 7.23. The lowest BCUT2D eigenvalue weighted by atomic mass is 9.67. The number of Topliss-reactive ketones (excluding diaryl/α,β-unsaturated/α-hetero) is 1. The van der Waals surface area contributed by atoms with Gasteiger partial charge in [-0.2, -0.15) is 0 Å². The number of carbonyl (C=O) groups is 1. The van der Waals surface area contributed by atoms with Gasteiger partial charge in [0.1, 0.15) is 15.6 Å². The van der Waals surface area contributed by atoms with Crippen LogP contribution in [0.1, 0.15) is 58.8 Å². The molecule has 0 bridgehead atoms. The molecule has 2 saturated carbocycles.